The summed E-state index contributed by atoms with van der Waals surface area (Å²) in [4.78, 5) is 21.5. The molecule has 1 amide bonds. The van der Waals surface area contributed by atoms with Crippen LogP contribution in [-0.4, -0.2) is 36.2 Å². The predicted octanol–water partition coefficient (Wildman–Crippen LogP) is 5.12. The van der Waals surface area contributed by atoms with Crippen molar-refractivity contribution in [3.63, 3.8) is 0 Å². The number of alkyl halides is 4. The Bertz CT molecular complexity index is 1320. The summed E-state index contributed by atoms with van der Waals surface area (Å²) in [7, 11) is 1.39. The molecular weight excluding hydrogens is 492 g/mol. The van der Waals surface area contributed by atoms with Gasteiger partial charge in [0.05, 0.1) is 43.3 Å². The van der Waals surface area contributed by atoms with Crippen molar-refractivity contribution in [2.75, 3.05) is 25.6 Å². The zero-order chi connectivity index (χ0) is 27.2. The molecule has 0 radical (unpaired) electrons. The molecule has 0 atom stereocenters. The van der Waals surface area contributed by atoms with Crippen LogP contribution in [0.25, 0.3) is 11.1 Å². The van der Waals surface area contributed by atoms with Gasteiger partial charge in [-0.05, 0) is 56.7 Å². The summed E-state index contributed by atoms with van der Waals surface area (Å²) in [5.74, 6) is -0.635. The number of amides is 1. The average molecular weight is 519 g/mol. The van der Waals surface area contributed by atoms with Gasteiger partial charge in [-0.3, -0.25) is 9.78 Å². The molecule has 1 aromatic carbocycles. The van der Waals surface area contributed by atoms with Crippen molar-refractivity contribution < 1.29 is 31.8 Å². The summed E-state index contributed by atoms with van der Waals surface area (Å²) in [5, 5.41) is 2.59. The summed E-state index contributed by atoms with van der Waals surface area (Å²) >= 11 is 0. The number of rotatable bonds is 6. The summed E-state index contributed by atoms with van der Waals surface area (Å²) in [5.41, 5.74) is 4.24. The van der Waals surface area contributed by atoms with Crippen LogP contribution in [0.4, 0.5) is 23.2 Å². The van der Waals surface area contributed by atoms with E-state index in [9.17, 15) is 18.0 Å². The number of carbonyl (C=O) groups is 1. The molecule has 1 fully saturated rings. The molecule has 196 valence electrons. The number of methoxy groups -OCH3 is 1. The molecule has 0 saturated carbocycles. The highest BCUT2D eigenvalue weighted by Gasteiger charge is 2.43. The Hall–Kier alpha value is -3.57. The van der Waals surface area contributed by atoms with Crippen LogP contribution in [0.15, 0.2) is 42.7 Å². The van der Waals surface area contributed by atoms with Gasteiger partial charge in [0.25, 0.3) is 5.91 Å². The van der Waals surface area contributed by atoms with Gasteiger partial charge in [0, 0.05) is 34.1 Å². The van der Waals surface area contributed by atoms with Crippen LogP contribution in [0.3, 0.4) is 0 Å². The van der Waals surface area contributed by atoms with E-state index in [1.165, 1.54) is 25.6 Å². The lowest BCUT2D eigenvalue weighted by molar-refractivity contribution is -0.137. The number of pyridine rings is 2. The number of aryl methyl sites for hydroxylation is 1. The SMILES string of the molecule is COc1ncc(-c2cc(NC(=O)c3cc(C(C)(C)N)cc(C(F)(F)F)c3)cnc2C)cc1C1(F)COC1. The lowest BCUT2D eigenvalue weighted by atomic mass is 9.91. The number of anilines is 1. The van der Waals surface area contributed by atoms with E-state index in [0.717, 1.165) is 12.1 Å². The van der Waals surface area contributed by atoms with Gasteiger partial charge in [0.1, 0.15) is 0 Å². The molecule has 1 saturated heterocycles. The molecule has 3 aromatic rings. The van der Waals surface area contributed by atoms with E-state index in [1.54, 1.807) is 32.9 Å². The largest absolute Gasteiger partial charge is 0.481 e. The molecule has 37 heavy (non-hydrogen) atoms. The Labute approximate surface area is 211 Å². The van der Waals surface area contributed by atoms with Gasteiger partial charge >= 0.3 is 6.18 Å². The van der Waals surface area contributed by atoms with Crippen molar-refractivity contribution in [2.45, 2.75) is 38.2 Å². The van der Waals surface area contributed by atoms with Crippen LogP contribution in [-0.2, 0) is 22.1 Å². The molecule has 1 aliphatic rings. The molecule has 7 nitrogen and oxygen atoms in total. The van der Waals surface area contributed by atoms with E-state index in [2.05, 4.69) is 15.3 Å². The van der Waals surface area contributed by atoms with E-state index in [1.807, 2.05) is 0 Å². The normalized spacial score (nSPS) is 15.2. The molecule has 1 aliphatic heterocycles. The van der Waals surface area contributed by atoms with Gasteiger partial charge in [-0.15, -0.1) is 0 Å². The number of aromatic nitrogens is 2. The van der Waals surface area contributed by atoms with Crippen molar-refractivity contribution in [3.05, 3.63) is 70.7 Å². The van der Waals surface area contributed by atoms with Crippen molar-refractivity contribution in [1.82, 2.24) is 9.97 Å². The van der Waals surface area contributed by atoms with Crippen LogP contribution in [0.1, 0.15) is 46.6 Å². The molecule has 0 bridgehead atoms. The van der Waals surface area contributed by atoms with E-state index in [-0.39, 0.29) is 41.5 Å². The molecule has 3 N–H and O–H groups in total. The number of nitrogens with one attached hydrogen (secondary N) is 1. The highest BCUT2D eigenvalue weighted by atomic mass is 19.4. The summed E-state index contributed by atoms with van der Waals surface area (Å²) in [6, 6.07) is 6.22. The zero-order valence-corrected chi connectivity index (χ0v) is 20.7. The smallest absolute Gasteiger partial charge is 0.416 e. The Kier molecular flexibility index (Phi) is 6.72. The first kappa shape index (κ1) is 26.5. The van der Waals surface area contributed by atoms with E-state index < -0.39 is 28.9 Å². The quantitative estimate of drug-likeness (QED) is 0.440. The van der Waals surface area contributed by atoms with Crippen LogP contribution in [0.5, 0.6) is 5.88 Å². The van der Waals surface area contributed by atoms with Crippen molar-refractivity contribution in [2.24, 2.45) is 5.73 Å². The van der Waals surface area contributed by atoms with Gasteiger partial charge < -0.3 is 20.5 Å². The fraction of sp³-hybridized carbons (Fsp3) is 0.346. The summed E-state index contributed by atoms with van der Waals surface area (Å²) in [6.07, 6.45) is -1.79. The van der Waals surface area contributed by atoms with Crippen LogP contribution in [0, 0.1) is 6.92 Å². The predicted molar refractivity (Wildman–Crippen MR) is 129 cm³/mol. The van der Waals surface area contributed by atoms with Gasteiger partial charge in [0.15, 0.2) is 5.67 Å². The minimum absolute atomic E-state index is 0.125. The standard InChI is InChI=1S/C26H26F4N4O3/c1-14-20(16-7-21(23(36-4)33-10-16)25(27)12-37-13-25)9-19(11-32-14)34-22(35)15-5-17(24(2,3)31)8-18(6-15)26(28,29)30/h5-11H,12-13,31H2,1-4H3,(H,34,35). The number of ether oxygens (including phenoxy) is 2. The zero-order valence-electron chi connectivity index (χ0n) is 20.7. The first-order chi connectivity index (χ1) is 17.2. The third-order valence-corrected chi connectivity index (χ3v) is 6.11. The van der Waals surface area contributed by atoms with E-state index >= 15 is 4.39 Å². The van der Waals surface area contributed by atoms with Crippen molar-refractivity contribution in [1.29, 1.82) is 0 Å². The summed E-state index contributed by atoms with van der Waals surface area (Å²) < 4.78 is 65.8. The second-order valence-corrected chi connectivity index (χ2v) is 9.57. The van der Waals surface area contributed by atoms with Crippen LogP contribution in [0.2, 0.25) is 0 Å². The number of carbonyl (C=O) groups excluding carboxylic acids is 1. The third-order valence-electron chi connectivity index (χ3n) is 6.11. The molecule has 0 unspecified atom stereocenters. The molecule has 4 rings (SSSR count). The number of halogens is 4. The van der Waals surface area contributed by atoms with Gasteiger partial charge in [-0.25, -0.2) is 9.37 Å². The molecule has 3 heterocycles. The molecular formula is C26H26F4N4O3. The van der Waals surface area contributed by atoms with Crippen molar-refractivity contribution in [3.8, 4) is 17.0 Å². The lowest BCUT2D eigenvalue weighted by Gasteiger charge is -2.34. The second-order valence-electron chi connectivity index (χ2n) is 9.57. The topological polar surface area (TPSA) is 99.4 Å². The fourth-order valence-electron chi connectivity index (χ4n) is 3.91. The molecule has 0 spiro atoms. The fourth-order valence-corrected chi connectivity index (χ4v) is 3.91. The highest BCUT2D eigenvalue weighted by molar-refractivity contribution is 6.04. The Morgan fingerprint density at radius 1 is 1.08 bits per heavy atom. The first-order valence-electron chi connectivity index (χ1n) is 11.3. The number of nitrogens with zero attached hydrogens (tertiary/aromatic N) is 2. The van der Waals surface area contributed by atoms with E-state index in [4.69, 9.17) is 15.2 Å². The monoisotopic (exact) mass is 518 g/mol. The summed E-state index contributed by atoms with van der Waals surface area (Å²) in [6.45, 7) is 4.58. The van der Waals surface area contributed by atoms with Gasteiger partial charge in [-0.2, -0.15) is 13.2 Å². The Balaban J connectivity index is 1.69. The number of benzene rings is 1. The maximum absolute atomic E-state index is 15.1. The minimum Gasteiger partial charge on any atom is -0.481 e. The number of nitrogens with two attached hydrogens (primary N) is 1. The average Bonchev–Trinajstić information content (AvgIpc) is 2.82. The number of hydrogen-bond donors (Lipinski definition) is 2. The molecule has 11 heteroatoms. The Morgan fingerprint density at radius 2 is 1.76 bits per heavy atom. The molecule has 0 aliphatic carbocycles. The lowest BCUT2D eigenvalue weighted by Crippen LogP contribution is -2.43. The van der Waals surface area contributed by atoms with Gasteiger partial charge in [-0.1, -0.05) is 0 Å². The van der Waals surface area contributed by atoms with Crippen LogP contribution < -0.4 is 15.8 Å². The van der Waals surface area contributed by atoms with Crippen molar-refractivity contribution >= 4 is 11.6 Å². The third kappa shape index (κ3) is 5.42. The minimum atomic E-state index is -4.66. The maximum Gasteiger partial charge on any atom is 0.416 e. The van der Waals surface area contributed by atoms with E-state index in [0.29, 0.717) is 16.8 Å². The van der Waals surface area contributed by atoms with Crippen LogP contribution >= 0.6 is 0 Å². The Morgan fingerprint density at radius 3 is 2.32 bits per heavy atom. The highest BCUT2D eigenvalue weighted by Crippen LogP contribution is 2.40. The van der Waals surface area contributed by atoms with Gasteiger partial charge in [0.2, 0.25) is 5.88 Å². The second kappa shape index (κ2) is 9.38. The first-order valence-corrected chi connectivity index (χ1v) is 11.3. The number of hydrogen-bond acceptors (Lipinski definition) is 6. The maximum atomic E-state index is 15.1. The molecule has 2 aromatic heterocycles.